The molecular formula is C16H18N2O4S2. The summed E-state index contributed by atoms with van der Waals surface area (Å²) < 4.78 is 17.4. The average Bonchev–Trinajstić information content (AvgIpc) is 2.97. The van der Waals surface area contributed by atoms with Gasteiger partial charge in [0.15, 0.2) is 5.13 Å². The summed E-state index contributed by atoms with van der Waals surface area (Å²) in [5.74, 6) is -0.907. The van der Waals surface area contributed by atoms with Crippen molar-refractivity contribution < 1.29 is 18.5 Å². The molecule has 0 saturated heterocycles. The summed E-state index contributed by atoms with van der Waals surface area (Å²) in [5, 5.41) is 2.99. The van der Waals surface area contributed by atoms with E-state index in [1.165, 1.54) is 6.20 Å². The number of rotatable bonds is 5. The fraction of sp³-hybridized carbons (Fsp3) is 0.312. The smallest absolute Gasteiger partial charge is 0.313 e. The number of nitrogens with zero attached hydrogens (tertiary/aromatic N) is 1. The third-order valence-electron chi connectivity index (χ3n) is 3.12. The third-order valence-corrected chi connectivity index (χ3v) is 5.45. The van der Waals surface area contributed by atoms with Gasteiger partial charge in [-0.15, -0.1) is 0 Å². The number of thiazole rings is 1. The van der Waals surface area contributed by atoms with Crippen LogP contribution in [0.25, 0.3) is 0 Å². The van der Waals surface area contributed by atoms with E-state index in [0.29, 0.717) is 14.9 Å². The number of anilines is 1. The zero-order chi connectivity index (χ0) is 17.9. The molecule has 0 saturated carbocycles. The minimum atomic E-state index is -1.15. The van der Waals surface area contributed by atoms with Crippen molar-refractivity contribution in [3.63, 3.8) is 0 Å². The zero-order valence-electron chi connectivity index (χ0n) is 13.8. The Morgan fingerprint density at radius 2 is 2.04 bits per heavy atom. The molecule has 0 aliphatic rings. The summed E-state index contributed by atoms with van der Waals surface area (Å²) in [5.41, 5.74) is 0.935. The molecule has 1 aromatic carbocycles. The van der Waals surface area contributed by atoms with Crippen molar-refractivity contribution in [2.45, 2.75) is 25.0 Å². The Hall–Kier alpha value is -2.06. The molecule has 1 amide bonds. The van der Waals surface area contributed by atoms with E-state index in [-0.39, 0.29) is 17.2 Å². The minimum absolute atomic E-state index is 0.240. The van der Waals surface area contributed by atoms with E-state index in [4.69, 9.17) is 4.74 Å². The van der Waals surface area contributed by atoms with E-state index in [9.17, 15) is 13.8 Å². The summed E-state index contributed by atoms with van der Waals surface area (Å²) in [6.07, 6.45) is 3.01. The number of aryl methyl sites for hydroxylation is 1. The van der Waals surface area contributed by atoms with Gasteiger partial charge in [-0.1, -0.05) is 37.3 Å². The number of nitrogens with one attached hydrogen (secondary N) is 1. The number of para-hydroxylation sites is 1. The van der Waals surface area contributed by atoms with Crippen LogP contribution in [0.4, 0.5) is 5.13 Å². The van der Waals surface area contributed by atoms with Gasteiger partial charge in [-0.05, 0) is 18.6 Å². The highest BCUT2D eigenvalue weighted by atomic mass is 32.2. The van der Waals surface area contributed by atoms with E-state index < -0.39 is 22.7 Å². The van der Waals surface area contributed by atoms with Crippen molar-refractivity contribution in [1.82, 2.24) is 4.98 Å². The number of hydrogen-bond donors (Lipinski definition) is 1. The molecule has 2 aromatic rings. The molecular weight excluding hydrogens is 348 g/mol. The van der Waals surface area contributed by atoms with Crippen LogP contribution in [0.2, 0.25) is 0 Å². The number of carbonyl (C=O) groups excluding carboxylic acids is 2. The molecule has 8 heteroatoms. The van der Waals surface area contributed by atoms with Crippen LogP contribution in [0.15, 0.2) is 28.6 Å². The maximum Gasteiger partial charge on any atom is 0.313 e. The zero-order valence-corrected chi connectivity index (χ0v) is 15.4. The van der Waals surface area contributed by atoms with E-state index in [1.54, 1.807) is 45.2 Å². The van der Waals surface area contributed by atoms with Crippen LogP contribution < -0.4 is 10.1 Å². The molecule has 2 rings (SSSR count). The second kappa shape index (κ2) is 7.67. The molecule has 0 bridgehead atoms. The maximum atomic E-state index is 12.5. The molecule has 24 heavy (non-hydrogen) atoms. The largest absolute Gasteiger partial charge is 0.425 e. The first kappa shape index (κ1) is 18.3. The van der Waals surface area contributed by atoms with Crippen molar-refractivity contribution in [3.8, 4) is 5.75 Å². The number of amides is 1. The van der Waals surface area contributed by atoms with Gasteiger partial charge in [0, 0.05) is 6.26 Å². The summed E-state index contributed by atoms with van der Waals surface area (Å²) in [6, 6.07) is 5.06. The molecule has 128 valence electrons. The average molecular weight is 366 g/mol. The number of hydrogen-bond acceptors (Lipinski definition) is 6. The van der Waals surface area contributed by atoms with Gasteiger partial charge < -0.3 is 4.74 Å². The van der Waals surface area contributed by atoms with Gasteiger partial charge in [0.05, 0.1) is 28.5 Å². The summed E-state index contributed by atoms with van der Waals surface area (Å²) in [6.45, 7) is 5.21. The van der Waals surface area contributed by atoms with Crippen molar-refractivity contribution in [2.24, 2.45) is 5.92 Å². The predicted molar refractivity (Wildman–Crippen MR) is 94.1 cm³/mol. The van der Waals surface area contributed by atoms with Crippen LogP contribution in [0, 0.1) is 12.8 Å². The van der Waals surface area contributed by atoms with Gasteiger partial charge in [-0.3, -0.25) is 19.1 Å². The Labute approximate surface area is 146 Å². The van der Waals surface area contributed by atoms with Crippen molar-refractivity contribution in [3.05, 3.63) is 35.5 Å². The van der Waals surface area contributed by atoms with Crippen LogP contribution in [-0.4, -0.2) is 27.3 Å². The number of esters is 1. The Balaban J connectivity index is 2.26. The van der Waals surface area contributed by atoms with Crippen LogP contribution in [0.1, 0.15) is 29.8 Å². The van der Waals surface area contributed by atoms with Crippen LogP contribution in [0.5, 0.6) is 5.75 Å². The molecule has 0 fully saturated rings. The Morgan fingerprint density at radius 3 is 2.62 bits per heavy atom. The Bertz CT molecular complexity index is 799. The van der Waals surface area contributed by atoms with E-state index in [0.717, 1.165) is 11.3 Å². The molecule has 0 radical (unpaired) electrons. The van der Waals surface area contributed by atoms with E-state index >= 15 is 0 Å². The highest BCUT2D eigenvalue weighted by Gasteiger charge is 2.20. The highest BCUT2D eigenvalue weighted by molar-refractivity contribution is 7.86. The molecule has 1 atom stereocenters. The van der Waals surface area contributed by atoms with Crippen LogP contribution >= 0.6 is 11.3 Å². The normalized spacial score (nSPS) is 12.0. The van der Waals surface area contributed by atoms with Crippen molar-refractivity contribution in [1.29, 1.82) is 0 Å². The number of benzene rings is 1. The molecule has 0 aliphatic carbocycles. The van der Waals surface area contributed by atoms with Gasteiger partial charge in [0.25, 0.3) is 5.91 Å². The van der Waals surface area contributed by atoms with Gasteiger partial charge in [0.2, 0.25) is 0 Å². The van der Waals surface area contributed by atoms with Crippen molar-refractivity contribution >= 4 is 39.1 Å². The predicted octanol–water partition coefficient (Wildman–Crippen LogP) is 3.00. The third kappa shape index (κ3) is 4.27. The van der Waals surface area contributed by atoms with Crippen LogP contribution in [0.3, 0.4) is 0 Å². The fourth-order valence-corrected chi connectivity index (χ4v) is 3.25. The molecule has 0 spiro atoms. The molecule has 6 nitrogen and oxygen atoms in total. The first-order valence-electron chi connectivity index (χ1n) is 7.21. The van der Waals surface area contributed by atoms with E-state index in [2.05, 4.69) is 10.3 Å². The highest BCUT2D eigenvalue weighted by Crippen LogP contribution is 2.27. The number of aromatic nitrogens is 1. The molecule has 0 aliphatic heterocycles. The lowest BCUT2D eigenvalue weighted by Crippen LogP contribution is -2.19. The molecule has 1 heterocycles. The minimum Gasteiger partial charge on any atom is -0.425 e. The second-order valence-corrected chi connectivity index (χ2v) is 8.06. The second-order valence-electron chi connectivity index (χ2n) is 5.42. The standard InChI is InChI=1S/C16H18N2O4S2/c1-9(2)15(20)22-13-10(3)6-5-7-11(13)14(19)18-16-17-8-12(23-16)24(4)21/h5-9H,1-4H3,(H,17,18,19). The van der Waals surface area contributed by atoms with Gasteiger partial charge in [-0.2, -0.15) is 0 Å². The SMILES string of the molecule is Cc1cccc(C(=O)Nc2ncc(S(C)=O)s2)c1OC(=O)C(C)C. The molecule has 1 N–H and O–H groups in total. The van der Waals surface area contributed by atoms with Crippen LogP contribution in [-0.2, 0) is 15.6 Å². The number of carbonyl (C=O) groups is 2. The summed E-state index contributed by atoms with van der Waals surface area (Å²) in [4.78, 5) is 28.4. The van der Waals surface area contributed by atoms with Gasteiger partial charge in [-0.25, -0.2) is 4.98 Å². The van der Waals surface area contributed by atoms with Gasteiger partial charge in [0.1, 0.15) is 9.96 Å². The molecule has 1 unspecified atom stereocenters. The number of ether oxygens (including phenoxy) is 1. The molecule has 1 aromatic heterocycles. The lowest BCUT2D eigenvalue weighted by atomic mass is 10.1. The Morgan fingerprint density at radius 1 is 1.33 bits per heavy atom. The quantitative estimate of drug-likeness (QED) is 0.649. The summed E-state index contributed by atoms with van der Waals surface area (Å²) >= 11 is 1.14. The Kier molecular flexibility index (Phi) is 5.84. The maximum absolute atomic E-state index is 12.5. The van der Waals surface area contributed by atoms with Crippen molar-refractivity contribution in [2.75, 3.05) is 11.6 Å². The first-order chi connectivity index (χ1) is 11.3. The van der Waals surface area contributed by atoms with Gasteiger partial charge >= 0.3 is 5.97 Å². The van der Waals surface area contributed by atoms with E-state index in [1.807, 2.05) is 0 Å². The fourth-order valence-electron chi connectivity index (χ4n) is 1.80. The first-order valence-corrected chi connectivity index (χ1v) is 9.59. The lowest BCUT2D eigenvalue weighted by molar-refractivity contribution is -0.137. The summed E-state index contributed by atoms with van der Waals surface area (Å²) in [7, 11) is -1.15. The monoisotopic (exact) mass is 366 g/mol. The lowest BCUT2D eigenvalue weighted by Gasteiger charge is -2.13. The topological polar surface area (TPSA) is 85.4 Å².